The fraction of sp³-hybridized carbons (Fsp3) is 1.00. The third-order valence-corrected chi connectivity index (χ3v) is 0.664. The molecule has 0 saturated heterocycles. The first-order chi connectivity index (χ1) is 3.77. The molecule has 0 spiro atoms. The Bertz CT molecular complexity index is 104. The summed E-state index contributed by atoms with van der Waals surface area (Å²) >= 11 is 0. The van der Waals surface area contributed by atoms with Crippen molar-refractivity contribution < 1.29 is 12.7 Å². The van der Waals surface area contributed by atoms with E-state index in [1.807, 2.05) is 0 Å². The second-order valence-corrected chi connectivity index (χ2v) is 1.63. The van der Waals surface area contributed by atoms with Gasteiger partial charge in [-0.2, -0.15) is 9.76 Å². The maximum absolute atomic E-state index is 9.59. The number of thiol groups is 1. The highest BCUT2D eigenvalue weighted by Crippen LogP contribution is 1.59. The van der Waals surface area contributed by atoms with E-state index in [2.05, 4.69) is 9.76 Å². The molecule has 6 heteroatoms. The second kappa shape index (κ2) is 4.98. The highest BCUT2D eigenvalue weighted by Gasteiger charge is 1.80. The molecule has 0 heterocycles. The Kier molecular flexibility index (Phi) is 4.87. The van der Waals surface area contributed by atoms with Crippen molar-refractivity contribution in [2.24, 2.45) is 5.73 Å². The highest BCUT2D eigenvalue weighted by atomic mass is 32.2. The van der Waals surface area contributed by atoms with Gasteiger partial charge in [0.25, 0.3) is 11.0 Å². The van der Waals surface area contributed by atoms with Crippen LogP contribution in [0.25, 0.3) is 0 Å². The van der Waals surface area contributed by atoms with E-state index in [0.717, 1.165) is 0 Å². The van der Waals surface area contributed by atoms with Gasteiger partial charge in [0.2, 0.25) is 0 Å². The summed E-state index contributed by atoms with van der Waals surface area (Å²) in [6.45, 7) is 0.687. The Balaban J connectivity index is 2.94. The summed E-state index contributed by atoms with van der Waals surface area (Å²) in [5, 5.41) is 0. The summed E-state index contributed by atoms with van der Waals surface area (Å²) in [5.74, 6) is 0. The summed E-state index contributed by atoms with van der Waals surface area (Å²) in [7, 11) is -2.78. The van der Waals surface area contributed by atoms with Crippen molar-refractivity contribution in [1.82, 2.24) is 5.48 Å². The van der Waals surface area contributed by atoms with Crippen molar-refractivity contribution in [2.75, 3.05) is 13.1 Å². The molecule has 0 saturated carbocycles. The van der Waals surface area contributed by atoms with Crippen LogP contribution in [-0.4, -0.2) is 21.5 Å². The number of hydroxylamine groups is 1. The van der Waals surface area contributed by atoms with Crippen LogP contribution in [-0.2, 0) is 15.3 Å². The summed E-state index contributed by atoms with van der Waals surface area (Å²) < 4.78 is 23.1. The molecule has 0 rings (SSSR count). The average molecular weight is 140 g/mol. The zero-order valence-electron chi connectivity index (χ0n) is 4.16. The van der Waals surface area contributed by atoms with Crippen LogP contribution < -0.4 is 11.2 Å². The van der Waals surface area contributed by atoms with E-state index in [4.69, 9.17) is 5.73 Å². The van der Waals surface area contributed by atoms with Gasteiger partial charge in [0.1, 0.15) is 0 Å². The lowest BCUT2D eigenvalue weighted by Gasteiger charge is -1.92. The first-order valence-electron chi connectivity index (χ1n) is 2.01. The Labute approximate surface area is 48.9 Å². The third-order valence-electron chi connectivity index (χ3n) is 0.385. The Morgan fingerprint density at radius 3 is 2.62 bits per heavy atom. The minimum Gasteiger partial charge on any atom is -0.329 e. The van der Waals surface area contributed by atoms with Crippen molar-refractivity contribution in [1.29, 1.82) is 0 Å². The molecule has 0 fully saturated rings. The van der Waals surface area contributed by atoms with Crippen LogP contribution in [0.15, 0.2) is 0 Å². The van der Waals surface area contributed by atoms with Crippen molar-refractivity contribution in [3.05, 3.63) is 0 Å². The predicted octanol–water partition coefficient (Wildman–Crippen LogP) is -2.01. The van der Waals surface area contributed by atoms with Gasteiger partial charge in [-0.05, 0) is 0 Å². The zero-order valence-corrected chi connectivity index (χ0v) is 5.06. The van der Waals surface area contributed by atoms with Gasteiger partial charge in [-0.25, -0.2) is 8.42 Å². The first kappa shape index (κ1) is 7.83. The smallest absolute Gasteiger partial charge is 0.273 e. The molecular formula is C2H8N2O3S. The van der Waals surface area contributed by atoms with Crippen LogP contribution in [0.5, 0.6) is 0 Å². The molecule has 0 aliphatic heterocycles. The van der Waals surface area contributed by atoms with Gasteiger partial charge in [-0.15, -0.1) is 0 Å². The molecule has 0 aliphatic carbocycles. The minimum atomic E-state index is -2.78. The molecule has 50 valence electrons. The maximum atomic E-state index is 9.59. The monoisotopic (exact) mass is 140 g/mol. The largest absolute Gasteiger partial charge is 0.329 e. The topological polar surface area (TPSA) is 81.4 Å². The Morgan fingerprint density at radius 1 is 1.62 bits per heavy atom. The Morgan fingerprint density at radius 2 is 2.25 bits per heavy atom. The maximum Gasteiger partial charge on any atom is 0.273 e. The van der Waals surface area contributed by atoms with Crippen molar-refractivity contribution in [2.45, 2.75) is 0 Å². The van der Waals surface area contributed by atoms with E-state index in [0.29, 0.717) is 13.1 Å². The van der Waals surface area contributed by atoms with Crippen molar-refractivity contribution >= 4 is 11.0 Å². The fourth-order valence-corrected chi connectivity index (χ4v) is 0.354. The summed E-state index contributed by atoms with van der Waals surface area (Å²) in [4.78, 5) is 0. The number of nitrogens with two attached hydrogens (primary N) is 1. The van der Waals surface area contributed by atoms with E-state index in [9.17, 15) is 8.42 Å². The van der Waals surface area contributed by atoms with E-state index < -0.39 is 11.0 Å². The second-order valence-electron chi connectivity index (χ2n) is 0.998. The fourth-order valence-electron chi connectivity index (χ4n) is 0.157. The average Bonchev–Trinajstić information content (AvgIpc) is 1.66. The normalized spacial score (nSPS) is 10.2. The number of hydrogen-bond donors (Lipinski definition) is 3. The van der Waals surface area contributed by atoms with E-state index >= 15 is 0 Å². The number of nitrogens with one attached hydrogen (secondary N) is 1. The molecule has 3 N–H and O–H groups in total. The molecule has 0 aromatic carbocycles. The highest BCUT2D eigenvalue weighted by molar-refractivity contribution is 7.67. The van der Waals surface area contributed by atoms with E-state index in [1.165, 1.54) is 0 Å². The van der Waals surface area contributed by atoms with Crippen LogP contribution in [0.4, 0.5) is 0 Å². The van der Waals surface area contributed by atoms with Gasteiger partial charge in [0, 0.05) is 13.1 Å². The zero-order chi connectivity index (χ0) is 6.41. The van der Waals surface area contributed by atoms with Crippen LogP contribution in [0.2, 0.25) is 0 Å². The molecule has 0 bridgehead atoms. The van der Waals surface area contributed by atoms with Gasteiger partial charge in [0.05, 0.1) is 0 Å². The molecule has 0 unspecified atom stereocenters. The standard InChI is InChI=1S/C2H8N2O3S/c3-1-2-4-7-8(5)6/h4,8H,1-3H2. The van der Waals surface area contributed by atoms with Crippen molar-refractivity contribution in [3.63, 3.8) is 0 Å². The lowest BCUT2D eigenvalue weighted by atomic mass is 10.7. The molecule has 0 amide bonds. The van der Waals surface area contributed by atoms with Gasteiger partial charge in [-0.1, -0.05) is 0 Å². The molecule has 0 radical (unpaired) electrons. The summed E-state index contributed by atoms with van der Waals surface area (Å²) in [5.41, 5.74) is 7.09. The van der Waals surface area contributed by atoms with Crippen LogP contribution in [0.3, 0.4) is 0 Å². The molecule has 0 atom stereocenters. The lowest BCUT2D eigenvalue weighted by molar-refractivity contribution is 0.218. The minimum absolute atomic E-state index is 0.337. The van der Waals surface area contributed by atoms with E-state index in [1.54, 1.807) is 0 Å². The van der Waals surface area contributed by atoms with Crippen molar-refractivity contribution in [3.8, 4) is 0 Å². The van der Waals surface area contributed by atoms with Gasteiger partial charge < -0.3 is 5.73 Å². The van der Waals surface area contributed by atoms with Crippen LogP contribution in [0.1, 0.15) is 0 Å². The molecule has 0 aromatic heterocycles. The van der Waals surface area contributed by atoms with Crippen LogP contribution >= 0.6 is 0 Å². The molecule has 8 heavy (non-hydrogen) atoms. The van der Waals surface area contributed by atoms with Crippen LogP contribution in [0, 0.1) is 0 Å². The molecule has 5 nitrogen and oxygen atoms in total. The quantitative estimate of drug-likeness (QED) is 0.239. The molecule has 0 aromatic rings. The van der Waals surface area contributed by atoms with Gasteiger partial charge >= 0.3 is 0 Å². The van der Waals surface area contributed by atoms with Gasteiger partial charge in [0.15, 0.2) is 0 Å². The molecule has 0 aliphatic rings. The first-order valence-corrected chi connectivity index (χ1v) is 3.11. The predicted molar refractivity (Wildman–Crippen MR) is 28.5 cm³/mol. The summed E-state index contributed by atoms with van der Waals surface area (Å²) in [6, 6.07) is 0. The number of rotatable bonds is 4. The summed E-state index contributed by atoms with van der Waals surface area (Å²) in [6.07, 6.45) is 0. The van der Waals surface area contributed by atoms with E-state index in [-0.39, 0.29) is 0 Å². The third kappa shape index (κ3) is 5.83. The SMILES string of the molecule is NCCNO[SH](=O)=O. The van der Waals surface area contributed by atoms with Gasteiger partial charge in [-0.3, -0.25) is 0 Å². The molecular weight excluding hydrogens is 132 g/mol. The number of hydrogen-bond acceptors (Lipinski definition) is 5. The lowest BCUT2D eigenvalue weighted by Crippen LogP contribution is -2.21. The Hall–Kier alpha value is -0.170.